The molecular weight excluding hydrogens is 316 g/mol. The summed E-state index contributed by atoms with van der Waals surface area (Å²) in [6.07, 6.45) is -3.38. The molecule has 0 aliphatic rings. The minimum absolute atomic E-state index is 0.271. The van der Waals surface area contributed by atoms with Crippen LogP contribution in [0.25, 0.3) is 0 Å². The van der Waals surface area contributed by atoms with Crippen molar-refractivity contribution >= 4 is 11.8 Å². The second kappa shape index (κ2) is 9.33. The highest BCUT2D eigenvalue weighted by molar-refractivity contribution is 5.99. The molecule has 1 aromatic carbocycles. The summed E-state index contributed by atoms with van der Waals surface area (Å²) < 4.78 is 10.0. The molecule has 2 amide bonds. The predicted molar refractivity (Wildman–Crippen MR) is 85.8 cm³/mol. The normalized spacial score (nSPS) is 15.9. The quantitative estimate of drug-likeness (QED) is 0.513. The van der Waals surface area contributed by atoms with Crippen LogP contribution < -0.4 is 10.6 Å². The minimum atomic E-state index is -1.01. The Bertz CT molecular complexity index is 516. The summed E-state index contributed by atoms with van der Waals surface area (Å²) >= 11 is 0. The molecule has 0 aliphatic carbocycles. The number of carbonyl (C=O) groups is 2. The molecule has 8 nitrogen and oxygen atoms in total. The maximum atomic E-state index is 12.1. The lowest BCUT2D eigenvalue weighted by molar-refractivity contribution is -0.124. The Kier molecular flexibility index (Phi) is 7.80. The maximum Gasteiger partial charge on any atom is 0.253 e. The molecule has 4 N–H and O–H groups in total. The Morgan fingerprint density at radius 1 is 0.875 bits per heavy atom. The van der Waals surface area contributed by atoms with E-state index in [1.165, 1.54) is 19.9 Å². The molecule has 0 radical (unpaired) electrons. The number of ether oxygens (including phenoxy) is 2. The number of carbonyl (C=O) groups excluding carboxylic acids is 2. The maximum absolute atomic E-state index is 12.1. The topological polar surface area (TPSA) is 117 Å². The summed E-state index contributed by atoms with van der Waals surface area (Å²) in [4.78, 5) is 24.2. The van der Waals surface area contributed by atoms with E-state index in [1.54, 1.807) is 32.0 Å². The van der Waals surface area contributed by atoms with Gasteiger partial charge in [-0.2, -0.15) is 0 Å². The molecule has 4 atom stereocenters. The Labute approximate surface area is 140 Å². The van der Waals surface area contributed by atoms with Crippen LogP contribution in [-0.2, 0) is 9.47 Å². The van der Waals surface area contributed by atoms with Gasteiger partial charge in [0.25, 0.3) is 11.8 Å². The first-order chi connectivity index (χ1) is 11.2. The van der Waals surface area contributed by atoms with Crippen molar-refractivity contribution in [3.63, 3.8) is 0 Å². The van der Waals surface area contributed by atoms with Crippen LogP contribution >= 0.6 is 0 Å². The molecule has 0 bridgehead atoms. The Morgan fingerprint density at radius 3 is 1.58 bits per heavy atom. The van der Waals surface area contributed by atoms with Gasteiger partial charge in [-0.1, -0.05) is 6.07 Å². The molecule has 0 saturated heterocycles. The zero-order valence-electron chi connectivity index (χ0n) is 14.1. The lowest BCUT2D eigenvalue weighted by atomic mass is 10.1. The number of benzene rings is 1. The number of aliphatic hydroxyl groups excluding tert-OH is 2. The van der Waals surface area contributed by atoms with Gasteiger partial charge in [0.1, 0.15) is 12.5 Å². The van der Waals surface area contributed by atoms with Gasteiger partial charge in [0.05, 0.1) is 0 Å². The summed E-state index contributed by atoms with van der Waals surface area (Å²) in [5.74, 6) is -0.878. The highest BCUT2D eigenvalue weighted by atomic mass is 16.6. The number of hydrogen-bond acceptors (Lipinski definition) is 6. The van der Waals surface area contributed by atoms with Gasteiger partial charge in [-0.3, -0.25) is 9.59 Å². The van der Waals surface area contributed by atoms with Crippen LogP contribution in [0.1, 0.15) is 48.4 Å². The molecule has 24 heavy (non-hydrogen) atoms. The largest absolute Gasteiger partial charge is 0.368 e. The van der Waals surface area contributed by atoms with Gasteiger partial charge < -0.3 is 30.3 Å². The lowest BCUT2D eigenvalue weighted by Crippen LogP contribution is -2.37. The standard InChI is InChI=1S/C16H24N2O6/c1-9(23-11(3)19)17-15(21)13-6-5-7-14(8-13)16(22)18-10(2)24-12(4)20/h5-12,19-20H,1-4H3,(H,17,21)(H,18,22). The van der Waals surface area contributed by atoms with Crippen molar-refractivity contribution in [3.8, 4) is 0 Å². The van der Waals surface area contributed by atoms with Crippen LogP contribution in [0, 0.1) is 0 Å². The Hall–Kier alpha value is -2.00. The highest BCUT2D eigenvalue weighted by Crippen LogP contribution is 2.07. The number of hydrogen-bond donors (Lipinski definition) is 4. The third-order valence-electron chi connectivity index (χ3n) is 2.86. The van der Waals surface area contributed by atoms with Crippen LogP contribution in [0.3, 0.4) is 0 Å². The molecular formula is C16H24N2O6. The first-order valence-corrected chi connectivity index (χ1v) is 7.58. The van der Waals surface area contributed by atoms with Crippen molar-refractivity contribution in [1.82, 2.24) is 10.6 Å². The molecule has 8 heteroatoms. The van der Waals surface area contributed by atoms with Gasteiger partial charge in [0.15, 0.2) is 12.6 Å². The summed E-state index contributed by atoms with van der Waals surface area (Å²) in [6.45, 7) is 6.03. The number of amides is 2. The van der Waals surface area contributed by atoms with Gasteiger partial charge in [0, 0.05) is 11.1 Å². The van der Waals surface area contributed by atoms with Crippen molar-refractivity contribution in [3.05, 3.63) is 35.4 Å². The Balaban J connectivity index is 2.72. The third-order valence-corrected chi connectivity index (χ3v) is 2.86. The van der Waals surface area contributed by atoms with Crippen LogP contribution in [0.15, 0.2) is 24.3 Å². The fourth-order valence-corrected chi connectivity index (χ4v) is 2.00. The van der Waals surface area contributed by atoms with E-state index in [0.29, 0.717) is 0 Å². The van der Waals surface area contributed by atoms with Crippen LogP contribution in [0.4, 0.5) is 0 Å². The van der Waals surface area contributed by atoms with E-state index in [2.05, 4.69) is 10.6 Å². The molecule has 0 fully saturated rings. The molecule has 1 rings (SSSR count). The second-order valence-electron chi connectivity index (χ2n) is 5.28. The highest BCUT2D eigenvalue weighted by Gasteiger charge is 2.15. The minimum Gasteiger partial charge on any atom is -0.368 e. The zero-order chi connectivity index (χ0) is 18.3. The number of aliphatic hydroxyl groups is 2. The third kappa shape index (κ3) is 7.05. The van der Waals surface area contributed by atoms with Crippen LogP contribution in [-0.4, -0.2) is 47.1 Å². The zero-order valence-corrected chi connectivity index (χ0v) is 14.1. The second-order valence-corrected chi connectivity index (χ2v) is 5.28. The van der Waals surface area contributed by atoms with Crippen LogP contribution in [0.2, 0.25) is 0 Å². The van der Waals surface area contributed by atoms with Crippen molar-refractivity contribution in [1.29, 1.82) is 0 Å². The van der Waals surface area contributed by atoms with Crippen LogP contribution in [0.5, 0.6) is 0 Å². The van der Waals surface area contributed by atoms with Crippen molar-refractivity contribution in [2.24, 2.45) is 0 Å². The van der Waals surface area contributed by atoms with Crippen molar-refractivity contribution < 1.29 is 29.3 Å². The summed E-state index contributed by atoms with van der Waals surface area (Å²) in [5, 5.41) is 23.3. The summed E-state index contributed by atoms with van der Waals surface area (Å²) in [5.41, 5.74) is 0.542. The first-order valence-electron chi connectivity index (χ1n) is 7.58. The first kappa shape index (κ1) is 20.0. The fraction of sp³-hybridized carbons (Fsp3) is 0.500. The van der Waals surface area contributed by atoms with E-state index in [0.717, 1.165) is 0 Å². The predicted octanol–water partition coefficient (Wildman–Crippen LogP) is 0.548. The molecule has 0 saturated carbocycles. The molecule has 1 aromatic rings. The number of rotatable bonds is 8. The molecule has 0 spiro atoms. The van der Waals surface area contributed by atoms with E-state index in [-0.39, 0.29) is 11.1 Å². The average molecular weight is 340 g/mol. The van der Waals surface area contributed by atoms with E-state index in [1.807, 2.05) is 0 Å². The van der Waals surface area contributed by atoms with Gasteiger partial charge in [0.2, 0.25) is 0 Å². The van der Waals surface area contributed by atoms with Gasteiger partial charge in [-0.15, -0.1) is 0 Å². The SMILES string of the molecule is CC(O)OC(C)NC(=O)c1cccc(C(=O)NC(C)OC(C)O)c1. The molecule has 4 unspecified atom stereocenters. The van der Waals surface area contributed by atoms with E-state index < -0.39 is 36.9 Å². The van der Waals surface area contributed by atoms with Gasteiger partial charge in [-0.25, -0.2) is 0 Å². The van der Waals surface area contributed by atoms with Crippen molar-refractivity contribution in [2.45, 2.75) is 52.7 Å². The molecule has 0 heterocycles. The fourth-order valence-electron chi connectivity index (χ4n) is 2.00. The molecule has 0 aliphatic heterocycles. The van der Waals surface area contributed by atoms with Gasteiger partial charge in [-0.05, 0) is 45.9 Å². The molecule has 134 valence electrons. The van der Waals surface area contributed by atoms with Crippen molar-refractivity contribution in [2.75, 3.05) is 0 Å². The Morgan fingerprint density at radius 2 is 1.25 bits per heavy atom. The summed E-state index contributed by atoms with van der Waals surface area (Å²) in [7, 11) is 0. The van der Waals surface area contributed by atoms with E-state index >= 15 is 0 Å². The smallest absolute Gasteiger partial charge is 0.253 e. The monoisotopic (exact) mass is 340 g/mol. The average Bonchev–Trinajstić information content (AvgIpc) is 2.45. The van der Waals surface area contributed by atoms with Gasteiger partial charge >= 0.3 is 0 Å². The lowest BCUT2D eigenvalue weighted by Gasteiger charge is -2.18. The van der Waals surface area contributed by atoms with E-state index in [4.69, 9.17) is 19.7 Å². The number of nitrogens with one attached hydrogen (secondary N) is 2. The van der Waals surface area contributed by atoms with E-state index in [9.17, 15) is 9.59 Å². The molecule has 0 aromatic heterocycles. The summed E-state index contributed by atoms with van der Waals surface area (Å²) in [6, 6.07) is 6.10.